The molecule has 0 aliphatic heterocycles. The molecule has 4 N–H and O–H groups in total. The van der Waals surface area contributed by atoms with Gasteiger partial charge in [-0.2, -0.15) is 5.10 Å². The lowest BCUT2D eigenvalue weighted by Crippen LogP contribution is -2.17. The largest absolute Gasteiger partial charge is 0.507 e. The molecule has 0 aliphatic carbocycles. The molecule has 0 saturated heterocycles. The molecular weight excluding hydrogens is 468 g/mol. The summed E-state index contributed by atoms with van der Waals surface area (Å²) in [7, 11) is 0. The number of benzene rings is 3. The first-order valence-electron chi connectivity index (χ1n) is 7.33. The van der Waals surface area contributed by atoms with Crippen LogP contribution in [0.2, 0.25) is 0 Å². The van der Waals surface area contributed by atoms with E-state index in [1.54, 1.807) is 6.07 Å². The highest BCUT2D eigenvalue weighted by molar-refractivity contribution is 9.11. The van der Waals surface area contributed by atoms with E-state index >= 15 is 0 Å². The zero-order chi connectivity index (χ0) is 18.8. The van der Waals surface area contributed by atoms with Gasteiger partial charge >= 0.3 is 0 Å². The van der Waals surface area contributed by atoms with Crippen molar-refractivity contribution in [2.24, 2.45) is 5.10 Å². The smallest absolute Gasteiger partial charge is 0.275 e. The second kappa shape index (κ2) is 7.35. The number of nitrogens with zero attached hydrogens (tertiary/aromatic N) is 1. The molecule has 0 unspecified atom stereocenters. The molecule has 3 aromatic carbocycles. The molecule has 0 spiro atoms. The molecule has 0 heterocycles. The van der Waals surface area contributed by atoms with Gasteiger partial charge in [-0.25, -0.2) is 5.43 Å². The number of amides is 1. The fourth-order valence-corrected chi connectivity index (χ4v) is 3.50. The Morgan fingerprint density at radius 2 is 1.65 bits per heavy atom. The lowest BCUT2D eigenvalue weighted by Gasteiger charge is -2.07. The zero-order valence-electron chi connectivity index (χ0n) is 13.1. The van der Waals surface area contributed by atoms with Gasteiger partial charge in [-0.1, -0.05) is 24.3 Å². The fraction of sp³-hybridized carbons (Fsp3) is 0. The van der Waals surface area contributed by atoms with Gasteiger partial charge in [-0.05, 0) is 60.8 Å². The topological polar surface area (TPSA) is 102 Å². The Bertz CT molecular complexity index is 1050. The molecular formula is C18H12Br2N2O4. The van der Waals surface area contributed by atoms with Gasteiger partial charge in [0.05, 0.1) is 16.3 Å². The third-order valence-electron chi connectivity index (χ3n) is 3.68. The maximum absolute atomic E-state index is 12.3. The predicted molar refractivity (Wildman–Crippen MR) is 106 cm³/mol. The van der Waals surface area contributed by atoms with Crippen LogP contribution in [0.5, 0.6) is 17.2 Å². The van der Waals surface area contributed by atoms with Crippen molar-refractivity contribution in [1.29, 1.82) is 0 Å². The van der Waals surface area contributed by atoms with E-state index < -0.39 is 5.91 Å². The molecule has 0 aliphatic rings. The van der Waals surface area contributed by atoms with Crippen molar-refractivity contribution in [3.63, 3.8) is 0 Å². The van der Waals surface area contributed by atoms with Crippen LogP contribution in [-0.2, 0) is 0 Å². The summed E-state index contributed by atoms with van der Waals surface area (Å²) in [4.78, 5) is 12.3. The molecule has 26 heavy (non-hydrogen) atoms. The Balaban J connectivity index is 1.83. The SMILES string of the molecule is O=C(N/N=C/c1cc(Br)c(O)c(Br)c1O)c1cc2ccccc2cc1O. The minimum atomic E-state index is -0.596. The average molecular weight is 480 g/mol. The first kappa shape index (κ1) is 18.2. The van der Waals surface area contributed by atoms with E-state index in [1.165, 1.54) is 18.3 Å². The number of hydrogen-bond donors (Lipinski definition) is 4. The van der Waals surface area contributed by atoms with Crippen molar-refractivity contribution in [3.05, 3.63) is 62.5 Å². The highest BCUT2D eigenvalue weighted by Gasteiger charge is 2.14. The Hall–Kier alpha value is -2.58. The monoisotopic (exact) mass is 478 g/mol. The molecule has 132 valence electrons. The van der Waals surface area contributed by atoms with Gasteiger partial charge in [0, 0.05) is 5.56 Å². The van der Waals surface area contributed by atoms with E-state index in [0.717, 1.165) is 10.8 Å². The molecule has 0 atom stereocenters. The molecule has 0 saturated carbocycles. The van der Waals surface area contributed by atoms with Crippen molar-refractivity contribution in [2.75, 3.05) is 0 Å². The van der Waals surface area contributed by atoms with Crippen LogP contribution in [0.3, 0.4) is 0 Å². The van der Waals surface area contributed by atoms with Crippen LogP contribution in [0.4, 0.5) is 0 Å². The van der Waals surface area contributed by atoms with Crippen molar-refractivity contribution < 1.29 is 20.1 Å². The number of aromatic hydroxyl groups is 3. The van der Waals surface area contributed by atoms with Crippen molar-refractivity contribution in [1.82, 2.24) is 5.43 Å². The number of rotatable bonds is 3. The first-order chi connectivity index (χ1) is 12.4. The van der Waals surface area contributed by atoms with Crippen LogP contribution in [-0.4, -0.2) is 27.4 Å². The summed E-state index contributed by atoms with van der Waals surface area (Å²) in [5, 5.41) is 35.1. The van der Waals surface area contributed by atoms with Gasteiger partial charge < -0.3 is 15.3 Å². The summed E-state index contributed by atoms with van der Waals surface area (Å²) >= 11 is 6.21. The van der Waals surface area contributed by atoms with Gasteiger partial charge in [0.15, 0.2) is 0 Å². The number of fused-ring (bicyclic) bond motifs is 1. The van der Waals surface area contributed by atoms with Crippen LogP contribution in [0.15, 0.2) is 56.5 Å². The zero-order valence-corrected chi connectivity index (χ0v) is 16.2. The molecule has 0 fully saturated rings. The second-order valence-corrected chi connectivity index (χ2v) is 7.02. The minimum Gasteiger partial charge on any atom is -0.507 e. The minimum absolute atomic E-state index is 0.0816. The summed E-state index contributed by atoms with van der Waals surface area (Å²) in [6, 6.07) is 11.9. The average Bonchev–Trinajstić information content (AvgIpc) is 2.63. The second-order valence-electron chi connectivity index (χ2n) is 5.37. The van der Waals surface area contributed by atoms with Crippen LogP contribution in [0, 0.1) is 0 Å². The Labute approximate surface area is 165 Å². The summed E-state index contributed by atoms with van der Waals surface area (Å²) in [6.45, 7) is 0. The summed E-state index contributed by atoms with van der Waals surface area (Å²) in [6.07, 6.45) is 1.22. The predicted octanol–water partition coefficient (Wildman–Crippen LogP) is 4.25. The summed E-state index contributed by atoms with van der Waals surface area (Å²) in [5.74, 6) is -1.13. The highest BCUT2D eigenvalue weighted by atomic mass is 79.9. The number of hydrogen-bond acceptors (Lipinski definition) is 5. The fourth-order valence-electron chi connectivity index (χ4n) is 2.35. The molecule has 6 nitrogen and oxygen atoms in total. The molecule has 8 heteroatoms. The quantitative estimate of drug-likeness (QED) is 0.333. The maximum Gasteiger partial charge on any atom is 0.275 e. The maximum atomic E-state index is 12.3. The van der Waals surface area contributed by atoms with E-state index in [2.05, 4.69) is 42.4 Å². The number of nitrogens with one attached hydrogen (secondary N) is 1. The standard InChI is InChI=1S/C18H12Br2N2O4/c19-13-6-11(16(24)15(20)17(13)25)8-21-22-18(26)12-5-9-3-1-2-4-10(9)7-14(12)23/h1-8,23-25H,(H,22,26)/b21-8+. The van der Waals surface area contributed by atoms with Crippen molar-refractivity contribution >= 4 is 54.8 Å². The Morgan fingerprint density at radius 3 is 2.35 bits per heavy atom. The number of carbonyl (C=O) groups is 1. The normalized spacial score (nSPS) is 11.2. The van der Waals surface area contributed by atoms with Gasteiger partial charge in [-0.15, -0.1) is 0 Å². The Morgan fingerprint density at radius 1 is 1.00 bits per heavy atom. The Kier molecular flexibility index (Phi) is 5.15. The number of halogens is 2. The van der Waals surface area contributed by atoms with E-state index in [1.807, 2.05) is 24.3 Å². The number of carbonyl (C=O) groups excluding carboxylic acids is 1. The number of phenolic OH excluding ortho intramolecular Hbond substituents is 3. The van der Waals surface area contributed by atoms with Crippen LogP contribution >= 0.6 is 31.9 Å². The molecule has 3 rings (SSSR count). The van der Waals surface area contributed by atoms with E-state index in [9.17, 15) is 20.1 Å². The van der Waals surface area contributed by atoms with Crippen LogP contribution in [0.1, 0.15) is 15.9 Å². The molecule has 3 aromatic rings. The summed E-state index contributed by atoms with van der Waals surface area (Å²) in [5.41, 5.74) is 2.65. The number of phenols is 3. The highest BCUT2D eigenvalue weighted by Crippen LogP contribution is 2.40. The number of hydrazone groups is 1. The third-order valence-corrected chi connectivity index (χ3v) is 5.03. The lowest BCUT2D eigenvalue weighted by atomic mass is 10.1. The van der Waals surface area contributed by atoms with E-state index in [-0.39, 0.29) is 32.8 Å². The summed E-state index contributed by atoms with van der Waals surface area (Å²) < 4.78 is 0.453. The van der Waals surface area contributed by atoms with Gasteiger partial charge in [0.25, 0.3) is 5.91 Å². The van der Waals surface area contributed by atoms with Gasteiger partial charge in [0.1, 0.15) is 21.7 Å². The van der Waals surface area contributed by atoms with Gasteiger partial charge in [-0.3, -0.25) is 4.79 Å². The molecule has 0 radical (unpaired) electrons. The first-order valence-corrected chi connectivity index (χ1v) is 8.92. The van der Waals surface area contributed by atoms with Crippen LogP contribution < -0.4 is 5.43 Å². The van der Waals surface area contributed by atoms with Crippen molar-refractivity contribution in [2.45, 2.75) is 0 Å². The third kappa shape index (κ3) is 3.51. The van der Waals surface area contributed by atoms with Crippen LogP contribution in [0.25, 0.3) is 10.8 Å². The molecule has 0 bridgehead atoms. The van der Waals surface area contributed by atoms with E-state index in [4.69, 9.17) is 0 Å². The molecule has 1 amide bonds. The lowest BCUT2D eigenvalue weighted by molar-refractivity contribution is 0.0952. The molecule has 0 aromatic heterocycles. The van der Waals surface area contributed by atoms with Crippen molar-refractivity contribution in [3.8, 4) is 17.2 Å². The van der Waals surface area contributed by atoms with Gasteiger partial charge in [0.2, 0.25) is 0 Å². The van der Waals surface area contributed by atoms with E-state index in [0.29, 0.717) is 4.47 Å².